The summed E-state index contributed by atoms with van der Waals surface area (Å²) in [6, 6.07) is 8.88. The number of sulfone groups is 1. The van der Waals surface area contributed by atoms with Gasteiger partial charge in [0.25, 0.3) is 0 Å². The molecule has 0 unspecified atom stereocenters. The Bertz CT molecular complexity index is 768. The summed E-state index contributed by atoms with van der Waals surface area (Å²) in [5.41, 5.74) is 1.03. The van der Waals surface area contributed by atoms with E-state index in [0.29, 0.717) is 11.3 Å². The number of hydrogen-bond acceptors (Lipinski definition) is 5. The molecular weight excluding hydrogens is 332 g/mol. The minimum absolute atomic E-state index is 0.0531. The molecule has 6 nitrogen and oxygen atoms in total. The van der Waals surface area contributed by atoms with Crippen LogP contribution < -0.4 is 10.0 Å². The molecule has 0 atom stereocenters. The summed E-state index contributed by atoms with van der Waals surface area (Å²) in [5.74, 6) is -0.694. The molecule has 0 amide bonds. The van der Waals surface area contributed by atoms with Crippen LogP contribution in [-0.2, 0) is 19.9 Å². The van der Waals surface area contributed by atoms with Gasteiger partial charge < -0.3 is 5.32 Å². The number of nitrogens with one attached hydrogen (secondary N) is 2. The lowest BCUT2D eigenvalue weighted by molar-refractivity contribution is 0.595. The summed E-state index contributed by atoms with van der Waals surface area (Å²) in [7, 11) is -6.90. The molecule has 9 heteroatoms. The van der Waals surface area contributed by atoms with Gasteiger partial charge >= 0.3 is 0 Å². The number of rotatable bonds is 4. The molecule has 0 aliphatic carbocycles. The zero-order valence-electron chi connectivity index (χ0n) is 10.9. The lowest BCUT2D eigenvalue weighted by Crippen LogP contribution is -2.36. The fourth-order valence-corrected chi connectivity index (χ4v) is 4.98. The van der Waals surface area contributed by atoms with E-state index in [1.54, 1.807) is 24.3 Å². The van der Waals surface area contributed by atoms with Crippen molar-refractivity contribution in [1.29, 1.82) is 0 Å². The van der Waals surface area contributed by atoms with Crippen LogP contribution in [0.2, 0.25) is 0 Å². The first-order chi connectivity index (χ1) is 9.76. The van der Waals surface area contributed by atoms with E-state index >= 15 is 0 Å². The van der Waals surface area contributed by atoms with Crippen molar-refractivity contribution in [3.05, 3.63) is 42.0 Å². The van der Waals surface area contributed by atoms with Gasteiger partial charge in [-0.3, -0.25) is 4.72 Å². The smallest absolute Gasteiger partial charge is 0.238 e. The third-order valence-electron chi connectivity index (χ3n) is 2.69. The topological polar surface area (TPSA) is 92.3 Å². The molecule has 0 aromatic heterocycles. The molecule has 0 saturated heterocycles. The van der Waals surface area contributed by atoms with Crippen LogP contribution in [0.15, 0.2) is 42.0 Å². The first-order valence-electron chi connectivity index (χ1n) is 6.01. The molecule has 2 N–H and O–H groups in total. The van der Waals surface area contributed by atoms with Crippen molar-refractivity contribution in [2.24, 2.45) is 0 Å². The number of thiocarbonyl (C=S) groups is 1. The Balaban J connectivity index is 1.94. The lowest BCUT2D eigenvalue weighted by Gasteiger charge is -2.11. The van der Waals surface area contributed by atoms with E-state index < -0.39 is 19.9 Å². The van der Waals surface area contributed by atoms with Crippen LogP contribution in [-0.4, -0.2) is 39.2 Å². The Morgan fingerprint density at radius 2 is 1.90 bits per heavy atom. The van der Waals surface area contributed by atoms with E-state index in [1.165, 1.54) is 6.08 Å². The Morgan fingerprint density at radius 3 is 2.48 bits per heavy atom. The zero-order valence-corrected chi connectivity index (χ0v) is 13.4. The van der Waals surface area contributed by atoms with Crippen LogP contribution in [0.1, 0.15) is 0 Å². The Hall–Kier alpha value is -1.45. The van der Waals surface area contributed by atoms with Crippen molar-refractivity contribution >= 4 is 42.9 Å². The van der Waals surface area contributed by atoms with E-state index in [4.69, 9.17) is 12.2 Å². The predicted octanol–water partition coefficient (Wildman–Crippen LogP) is 0.658. The van der Waals surface area contributed by atoms with E-state index in [2.05, 4.69) is 10.0 Å². The maximum absolute atomic E-state index is 11.9. The Labute approximate surface area is 129 Å². The molecule has 0 saturated carbocycles. The van der Waals surface area contributed by atoms with Gasteiger partial charge in [0.2, 0.25) is 10.0 Å². The number of para-hydroxylation sites is 1. The second-order valence-electron chi connectivity index (χ2n) is 4.60. The van der Waals surface area contributed by atoms with E-state index in [9.17, 15) is 16.8 Å². The largest absolute Gasteiger partial charge is 0.332 e. The molecule has 21 heavy (non-hydrogen) atoms. The Morgan fingerprint density at radius 1 is 1.24 bits per heavy atom. The lowest BCUT2D eigenvalue weighted by atomic mass is 10.3. The van der Waals surface area contributed by atoms with Crippen LogP contribution in [0.4, 0.5) is 5.69 Å². The zero-order chi connectivity index (χ0) is 15.5. The van der Waals surface area contributed by atoms with Gasteiger partial charge in [-0.1, -0.05) is 24.3 Å². The van der Waals surface area contributed by atoms with Crippen molar-refractivity contribution in [2.75, 3.05) is 22.6 Å². The summed E-state index contributed by atoms with van der Waals surface area (Å²) < 4.78 is 48.6. The number of sulfonamides is 1. The molecular formula is C12H14N2O4S3. The first-order valence-corrected chi connectivity index (χ1v) is 9.89. The van der Waals surface area contributed by atoms with Crippen molar-refractivity contribution in [1.82, 2.24) is 4.72 Å². The van der Waals surface area contributed by atoms with E-state index in [-0.39, 0.29) is 22.4 Å². The number of hydrogen-bond donors (Lipinski definition) is 2. The molecule has 1 aliphatic heterocycles. The fourth-order valence-electron chi connectivity index (χ4n) is 1.85. The maximum atomic E-state index is 11.9. The predicted molar refractivity (Wildman–Crippen MR) is 86.3 cm³/mol. The van der Waals surface area contributed by atoms with Crippen molar-refractivity contribution in [3.63, 3.8) is 0 Å². The highest BCUT2D eigenvalue weighted by Crippen LogP contribution is 2.13. The molecule has 1 aromatic rings. The highest BCUT2D eigenvalue weighted by atomic mass is 32.2. The summed E-state index contributed by atoms with van der Waals surface area (Å²) >= 11 is 4.93. The Kier molecular flexibility index (Phi) is 4.64. The van der Waals surface area contributed by atoms with Crippen LogP contribution in [0.3, 0.4) is 0 Å². The van der Waals surface area contributed by atoms with Gasteiger partial charge in [-0.05, 0) is 29.9 Å². The van der Waals surface area contributed by atoms with Gasteiger partial charge in [-0.15, -0.1) is 0 Å². The number of benzene rings is 1. The van der Waals surface area contributed by atoms with Crippen LogP contribution in [0.25, 0.3) is 0 Å². The molecule has 0 radical (unpaired) electrons. The van der Waals surface area contributed by atoms with Gasteiger partial charge in [0.15, 0.2) is 14.9 Å². The molecule has 1 aromatic carbocycles. The average Bonchev–Trinajstić information content (AvgIpc) is 2.67. The third-order valence-corrected chi connectivity index (χ3v) is 5.77. The second-order valence-corrected chi connectivity index (χ2v) is 8.84. The van der Waals surface area contributed by atoms with Crippen LogP contribution in [0.5, 0.6) is 0 Å². The quantitative estimate of drug-likeness (QED) is 0.615. The van der Waals surface area contributed by atoms with Gasteiger partial charge in [0, 0.05) is 5.69 Å². The minimum Gasteiger partial charge on any atom is -0.332 e. The fraction of sp³-hybridized carbons (Fsp3) is 0.250. The average molecular weight is 346 g/mol. The summed E-state index contributed by atoms with van der Waals surface area (Å²) in [5, 5.41) is 2.69. The van der Waals surface area contributed by atoms with E-state index in [0.717, 1.165) is 0 Å². The van der Waals surface area contributed by atoms with Gasteiger partial charge in [-0.2, -0.15) is 0 Å². The van der Waals surface area contributed by atoms with Gasteiger partial charge in [0.1, 0.15) is 0 Å². The normalized spacial score (nSPS) is 17.0. The second kappa shape index (κ2) is 6.12. The SMILES string of the molecule is O=S1(=O)CC=C(CS(=O)(=O)NC(=S)Nc2ccccc2)C1. The van der Waals surface area contributed by atoms with Crippen molar-refractivity contribution in [3.8, 4) is 0 Å². The third kappa shape index (κ3) is 5.10. The van der Waals surface area contributed by atoms with E-state index in [1.807, 2.05) is 6.07 Å². The molecule has 1 aliphatic rings. The highest BCUT2D eigenvalue weighted by Gasteiger charge is 2.24. The van der Waals surface area contributed by atoms with Crippen LogP contribution in [0, 0.1) is 0 Å². The van der Waals surface area contributed by atoms with Gasteiger partial charge in [0.05, 0.1) is 17.3 Å². The van der Waals surface area contributed by atoms with Crippen molar-refractivity contribution in [2.45, 2.75) is 0 Å². The molecule has 0 spiro atoms. The monoisotopic (exact) mass is 346 g/mol. The molecule has 0 fully saturated rings. The summed E-state index contributed by atoms with van der Waals surface area (Å²) in [6.45, 7) is 0. The molecule has 0 bridgehead atoms. The maximum Gasteiger partial charge on any atom is 0.238 e. The first kappa shape index (κ1) is 15.9. The highest BCUT2D eigenvalue weighted by molar-refractivity contribution is 7.93. The molecule has 1 heterocycles. The van der Waals surface area contributed by atoms with Crippen LogP contribution >= 0.6 is 12.2 Å². The summed E-state index contributed by atoms with van der Waals surface area (Å²) in [6.07, 6.45) is 1.43. The molecule has 2 rings (SSSR count). The summed E-state index contributed by atoms with van der Waals surface area (Å²) in [4.78, 5) is 0. The number of anilines is 1. The minimum atomic E-state index is -3.72. The van der Waals surface area contributed by atoms with Gasteiger partial charge in [-0.25, -0.2) is 16.8 Å². The molecule has 114 valence electrons. The van der Waals surface area contributed by atoms with Crippen molar-refractivity contribution < 1.29 is 16.8 Å². The standard InChI is InChI=1S/C12H14N2O4S3/c15-20(16)7-6-10(8-20)9-21(17,18)14-12(19)13-11-4-2-1-3-5-11/h1-6H,7-9H2,(H2,13,14,19).